The summed E-state index contributed by atoms with van der Waals surface area (Å²) < 4.78 is 80.0. The fraction of sp³-hybridized carbons (Fsp3) is 0.311. The van der Waals surface area contributed by atoms with Crippen LogP contribution in [-0.4, -0.2) is 119 Å². The summed E-state index contributed by atoms with van der Waals surface area (Å²) in [6, 6.07) is 41.2. The van der Waals surface area contributed by atoms with Gasteiger partial charge in [0.15, 0.2) is 46.1 Å². The van der Waals surface area contributed by atoms with E-state index in [9.17, 15) is 69.6 Å². The van der Waals surface area contributed by atoms with Crippen molar-refractivity contribution in [3.05, 3.63) is 308 Å². The van der Waals surface area contributed by atoms with Crippen molar-refractivity contribution in [3.8, 4) is 132 Å². The summed E-state index contributed by atoms with van der Waals surface area (Å²) in [5.74, 6) is 8.10. The van der Waals surface area contributed by atoms with E-state index in [0.717, 1.165) is 93.2 Å². The summed E-state index contributed by atoms with van der Waals surface area (Å²) in [5.41, 5.74) is 4.86. The second-order valence-electron chi connectivity index (χ2n) is 41.8. The zero-order valence-electron chi connectivity index (χ0n) is 85.0. The van der Waals surface area contributed by atoms with Crippen LogP contribution in [0.3, 0.4) is 0 Å². The molecular formula is C122H118O28. The third-order valence-electron chi connectivity index (χ3n) is 28.8. The van der Waals surface area contributed by atoms with Crippen LogP contribution in [0.4, 0.5) is 0 Å². The van der Waals surface area contributed by atoms with E-state index in [1.54, 1.807) is 60.7 Å². The van der Waals surface area contributed by atoms with Crippen LogP contribution in [0.25, 0.3) is 18.2 Å². The molecule has 14 aliphatic rings. The fourth-order valence-corrected chi connectivity index (χ4v) is 20.9. The van der Waals surface area contributed by atoms with Gasteiger partial charge >= 0.3 is 0 Å². The Kier molecular flexibility index (Phi) is 28.4. The standard InChI is InChI=1S/C26H22O5.C23H22O5.C21H22O4.C20H22O4.C17H14O6.C15H16O4/c1-26(2)12-11-19-20(31-26)15-21-23(24(19)27)25(28)22(30-21)14-16-7-6-10-18(13-16)29-17-8-4-3-5-9-17;1-4-11-26-16-8-6-5-7-14(16)12-19-22(25)20-18(27-19)13-17-15(21(20)24)9-10-23(2,3)28-17;1-21(2)6-5-14-15(25-21)10-16-18(19(14)22)20(23)17(24-16)9-13-8-11-3-4-12(13)7-11;1-20(2)9-8-13-14(24-20)11-15-17(18(13)21)19(22)16(23-15)10-12-6-4-3-5-7-12;1-21-12-4-3-9(5-13(12)22-2)6-15-17(20)16-11(19)7-10(18)8-14(16)23-15;16-10-7-11(17)14-12(8-10)19-13(15(14)18)6-9-4-2-1-3-5-9/h3-10,13-15,27H,11-12H2,1-2H3;4-8,12-13,24H,1,9-11H2,2-3H3;3-4,9-13,22H,5-8H2,1-2H3;3-4,10-12,21H,5-9H2,1-2H3;3-8,18-19H,1-2H3;6-9,16-17H,1-5H2/b22-14-;19-12-;17-9-;16-10-;15-6-;13-6-. The second kappa shape index (κ2) is 41.7. The van der Waals surface area contributed by atoms with Gasteiger partial charge in [-0.1, -0.05) is 111 Å². The minimum absolute atomic E-state index is 0.0231. The fourth-order valence-electron chi connectivity index (χ4n) is 20.9. The van der Waals surface area contributed by atoms with Gasteiger partial charge in [0.25, 0.3) is 0 Å². The molecule has 10 aliphatic heterocycles. The normalized spacial score (nSPS) is 21.5. The predicted octanol–water partition coefficient (Wildman–Crippen LogP) is 24.9. The summed E-state index contributed by atoms with van der Waals surface area (Å²) in [7, 11) is 3.05. The number of rotatable bonds is 13. The maximum atomic E-state index is 13.0. The van der Waals surface area contributed by atoms with E-state index >= 15 is 0 Å². The number of fused-ring (bicyclic) bond motifs is 12. The summed E-state index contributed by atoms with van der Waals surface area (Å²) in [4.78, 5) is 75.9. The van der Waals surface area contributed by atoms with Gasteiger partial charge in [-0.05, 0) is 271 Å². The lowest BCUT2D eigenvalue weighted by Crippen LogP contribution is -2.32. The van der Waals surface area contributed by atoms with E-state index in [1.165, 1.54) is 58.1 Å². The number of carbonyl (C=O) groups is 6. The quantitative estimate of drug-likeness (QED) is 0.0392. The zero-order chi connectivity index (χ0) is 106. The van der Waals surface area contributed by atoms with Crippen molar-refractivity contribution >= 4 is 52.9 Å². The smallest absolute Gasteiger partial charge is 0.235 e. The number of phenols is 8. The average Bonchev–Trinajstić information content (AvgIpc) is 1.58. The number of carbonyl (C=O) groups excluding carboxylic acids is 6. The molecule has 150 heavy (non-hydrogen) atoms. The molecule has 2 bridgehead atoms. The van der Waals surface area contributed by atoms with Gasteiger partial charge in [-0.3, -0.25) is 28.8 Å². The Balaban J connectivity index is 0.000000114. The number of allylic oxidation sites excluding steroid dienone is 13. The largest absolute Gasteiger partial charge is 0.508 e. The third-order valence-corrected chi connectivity index (χ3v) is 28.8. The molecule has 4 atom stereocenters. The molecule has 10 aromatic rings. The molecule has 0 amide bonds. The minimum atomic E-state index is -0.452. The van der Waals surface area contributed by atoms with E-state index in [2.05, 4.69) is 30.9 Å². The van der Waals surface area contributed by atoms with Crippen molar-refractivity contribution in [1.82, 2.24) is 0 Å². The highest BCUT2D eigenvalue weighted by Crippen LogP contribution is 2.56. The van der Waals surface area contributed by atoms with Crippen molar-refractivity contribution in [3.63, 3.8) is 0 Å². The van der Waals surface area contributed by atoms with Gasteiger partial charge in [-0.25, -0.2) is 0 Å². The number of hydrogen-bond acceptors (Lipinski definition) is 28. The molecule has 0 radical (unpaired) electrons. The number of methoxy groups -OCH3 is 2. The molecule has 2 fully saturated rings. The van der Waals surface area contributed by atoms with Crippen LogP contribution in [0.2, 0.25) is 0 Å². The Morgan fingerprint density at radius 1 is 0.373 bits per heavy atom. The number of hydrogen-bond donors (Lipinski definition) is 8. The number of ether oxygens (including phenoxy) is 14. The molecular weight excluding hydrogens is 1910 g/mol. The summed E-state index contributed by atoms with van der Waals surface area (Å²) in [5, 5.41) is 81.1. The van der Waals surface area contributed by atoms with Crippen molar-refractivity contribution in [2.24, 2.45) is 29.6 Å². The average molecular weight is 2030 g/mol. The van der Waals surface area contributed by atoms with Crippen LogP contribution in [0, 0.1) is 29.6 Å². The topological polar surface area (TPSA) is 393 Å². The molecule has 0 aromatic heterocycles. The zero-order valence-corrected chi connectivity index (χ0v) is 85.0. The first kappa shape index (κ1) is 102. The van der Waals surface area contributed by atoms with E-state index in [0.29, 0.717) is 176 Å². The Hall–Kier alpha value is -16.5. The number of aromatic hydroxyl groups is 8. The highest BCUT2D eigenvalue weighted by atomic mass is 16.5. The number of ketones is 6. The lowest BCUT2D eigenvalue weighted by atomic mass is 9.88. The van der Waals surface area contributed by atoms with Gasteiger partial charge in [0.05, 0.1) is 14.2 Å². The second-order valence-corrected chi connectivity index (χ2v) is 41.8. The van der Waals surface area contributed by atoms with Gasteiger partial charge in [-0.2, -0.15) is 0 Å². The lowest BCUT2D eigenvalue weighted by molar-refractivity contribution is 0.0829. The van der Waals surface area contributed by atoms with Crippen molar-refractivity contribution in [2.75, 3.05) is 20.8 Å². The van der Waals surface area contributed by atoms with Crippen molar-refractivity contribution in [1.29, 1.82) is 0 Å². The van der Waals surface area contributed by atoms with Crippen LogP contribution < -0.4 is 66.3 Å². The molecule has 4 unspecified atom stereocenters. The molecule has 2 saturated carbocycles. The maximum absolute atomic E-state index is 13.0. The van der Waals surface area contributed by atoms with Crippen LogP contribution in [0.1, 0.15) is 246 Å². The van der Waals surface area contributed by atoms with Gasteiger partial charge in [0, 0.05) is 76.3 Å². The number of benzene rings is 10. The first-order valence-corrected chi connectivity index (χ1v) is 50.6. The number of phenolic OH excluding ortho intramolecular Hbond substituents is 8. The van der Waals surface area contributed by atoms with E-state index in [4.69, 9.17) is 66.3 Å². The molecule has 10 heterocycles. The van der Waals surface area contributed by atoms with Crippen LogP contribution in [0.15, 0.2) is 235 Å². The molecule has 0 spiro atoms. The van der Waals surface area contributed by atoms with Crippen molar-refractivity contribution in [2.45, 2.75) is 193 Å². The first-order valence-electron chi connectivity index (χ1n) is 50.6. The van der Waals surface area contributed by atoms with Gasteiger partial charge in [0.1, 0.15) is 183 Å². The minimum Gasteiger partial charge on any atom is -0.508 e. The van der Waals surface area contributed by atoms with Gasteiger partial charge < -0.3 is 107 Å². The predicted molar refractivity (Wildman–Crippen MR) is 559 cm³/mol. The SMILES string of the molecule is C=CCOc1ccccc1/C=C1\Oc2cc3c(c(O)c2C1=O)CCC(C)(C)O3.CC1(C)CCc2c(cc3c(c2O)C(=O)/C(=C/C2CC4C=CC2C4)O3)O1.CC1(C)CCc2c(cc3c(c2O)C(=O)/C(=C/C2CC=CCC2)O3)O1.CC1(C)CCc2c(cc3c(c2O)C(=O)/C(=C/c2cccc(Oc4ccccc4)c2)O3)O1.COc1ccc(/C=C2\Oc3cc(O)cc(O)c3C2=O)cc1OC.O=C1/C(=C/C2CCCCC2)Oc2cc(O)cc(O)c21. The maximum Gasteiger partial charge on any atom is 0.235 e. The third kappa shape index (κ3) is 21.5. The van der Waals surface area contributed by atoms with E-state index in [-0.39, 0.29) is 160 Å². The van der Waals surface area contributed by atoms with Crippen LogP contribution >= 0.6 is 0 Å². The first-order chi connectivity index (χ1) is 71.8. The summed E-state index contributed by atoms with van der Waals surface area (Å²) >= 11 is 0. The number of Topliss-reactive ketones (excluding diaryl/α,β-unsaturated/α-hetero) is 6. The Labute approximate surface area is 867 Å². The summed E-state index contributed by atoms with van der Waals surface area (Å²) in [6.07, 6.45) is 37.9. The van der Waals surface area contributed by atoms with Gasteiger partial charge in [0.2, 0.25) is 34.7 Å². The molecule has 0 saturated heterocycles. The summed E-state index contributed by atoms with van der Waals surface area (Å²) in [6.45, 7) is 20.1. The van der Waals surface area contributed by atoms with Crippen molar-refractivity contribution < 1.29 is 136 Å². The molecule has 24 rings (SSSR count). The highest BCUT2D eigenvalue weighted by molar-refractivity contribution is 6.19. The van der Waals surface area contributed by atoms with Gasteiger partial charge in [-0.15, -0.1) is 0 Å². The van der Waals surface area contributed by atoms with Crippen LogP contribution in [-0.2, 0) is 25.7 Å². The van der Waals surface area contributed by atoms with Crippen LogP contribution in [0.5, 0.6) is 132 Å². The Morgan fingerprint density at radius 3 is 1.25 bits per heavy atom. The Bertz CT molecular complexity index is 7420. The molecule has 10 aromatic carbocycles. The molecule has 28 nitrogen and oxygen atoms in total. The van der Waals surface area contributed by atoms with E-state index < -0.39 is 5.78 Å². The highest BCUT2D eigenvalue weighted by Gasteiger charge is 2.46. The molecule has 4 aliphatic carbocycles. The molecule has 8 N–H and O–H groups in total. The number of para-hydroxylation sites is 2. The lowest BCUT2D eigenvalue weighted by Gasteiger charge is -2.33. The van der Waals surface area contributed by atoms with E-state index in [1.807, 2.05) is 152 Å². The molecule has 28 heteroatoms. The molecule has 774 valence electrons. The monoisotopic (exact) mass is 2030 g/mol. The Morgan fingerprint density at radius 2 is 0.793 bits per heavy atom.